The summed E-state index contributed by atoms with van der Waals surface area (Å²) in [6.07, 6.45) is 10.5. The van der Waals surface area contributed by atoms with E-state index in [1.165, 1.54) is 0 Å². The molecule has 2 N–H and O–H groups in total. The average molecular weight is 238 g/mol. The predicted octanol–water partition coefficient (Wildman–Crippen LogP) is 2.46. The van der Waals surface area contributed by atoms with E-state index < -0.39 is 17.4 Å². The number of rotatable bonds is 2. The van der Waals surface area contributed by atoms with Gasteiger partial charge in [-0.25, -0.2) is 0 Å². The second-order valence-electron chi connectivity index (χ2n) is 4.72. The Kier molecular flexibility index (Phi) is 4.49. The van der Waals surface area contributed by atoms with Crippen molar-refractivity contribution in [2.45, 2.75) is 32.6 Å². The Morgan fingerprint density at radius 3 is 1.76 bits per heavy atom. The maximum atomic E-state index is 10.5. The fourth-order valence-corrected chi connectivity index (χ4v) is 1.76. The third-order valence-corrected chi connectivity index (χ3v) is 3.18. The highest BCUT2D eigenvalue weighted by Crippen LogP contribution is 2.32. The van der Waals surface area contributed by atoms with Gasteiger partial charge in [0.2, 0.25) is 0 Å². The molecule has 0 aromatic carbocycles. The number of allylic oxidation sites excluding steroid dienone is 4. The summed E-state index contributed by atoms with van der Waals surface area (Å²) in [4.78, 5) is 20.6. The van der Waals surface area contributed by atoms with Gasteiger partial charge in [-0.05, 0) is 32.6 Å². The normalized spacial score (nSPS) is 21.0. The van der Waals surface area contributed by atoms with Crippen molar-refractivity contribution >= 4 is 11.9 Å². The lowest BCUT2D eigenvalue weighted by Gasteiger charge is -2.15. The Balaban J connectivity index is 0.000000171. The van der Waals surface area contributed by atoms with Crippen LogP contribution in [0.3, 0.4) is 0 Å². The molecule has 0 saturated carbocycles. The van der Waals surface area contributed by atoms with Gasteiger partial charge in [-0.1, -0.05) is 24.3 Å². The minimum atomic E-state index is -0.688. The van der Waals surface area contributed by atoms with Crippen LogP contribution in [0.4, 0.5) is 0 Å². The molecule has 0 atom stereocenters. The van der Waals surface area contributed by atoms with Crippen LogP contribution in [-0.2, 0) is 9.59 Å². The zero-order valence-corrected chi connectivity index (χ0v) is 9.93. The van der Waals surface area contributed by atoms with Gasteiger partial charge in [0.25, 0.3) is 0 Å². The van der Waals surface area contributed by atoms with Crippen molar-refractivity contribution in [3.63, 3.8) is 0 Å². The number of hydrogen-bond donors (Lipinski definition) is 2. The lowest BCUT2D eigenvalue weighted by Crippen LogP contribution is -2.23. The summed E-state index contributed by atoms with van der Waals surface area (Å²) in [6.45, 7) is 1.77. The van der Waals surface area contributed by atoms with Crippen LogP contribution in [0.1, 0.15) is 32.6 Å². The summed E-state index contributed by atoms with van der Waals surface area (Å²) >= 11 is 0. The van der Waals surface area contributed by atoms with E-state index in [2.05, 4.69) is 0 Å². The number of hydrogen-bond acceptors (Lipinski definition) is 2. The Bertz CT molecular complexity index is 338. The summed E-state index contributed by atoms with van der Waals surface area (Å²) < 4.78 is 0. The van der Waals surface area contributed by atoms with E-state index >= 15 is 0 Å². The maximum Gasteiger partial charge on any atom is 0.309 e. The van der Waals surface area contributed by atoms with Crippen molar-refractivity contribution in [3.05, 3.63) is 24.3 Å². The molecule has 2 aliphatic rings. The van der Waals surface area contributed by atoms with Crippen molar-refractivity contribution in [1.29, 1.82) is 0 Å². The van der Waals surface area contributed by atoms with Gasteiger partial charge in [0.05, 0.1) is 11.3 Å². The molecule has 0 heterocycles. The Labute approximate surface area is 101 Å². The summed E-state index contributed by atoms with van der Waals surface area (Å²) in [5.41, 5.74) is -0.500. The van der Waals surface area contributed by atoms with Crippen molar-refractivity contribution in [1.82, 2.24) is 0 Å². The predicted molar refractivity (Wildman–Crippen MR) is 63.6 cm³/mol. The molecule has 4 heteroatoms. The van der Waals surface area contributed by atoms with E-state index in [-0.39, 0.29) is 5.92 Å². The van der Waals surface area contributed by atoms with E-state index in [9.17, 15) is 9.59 Å². The van der Waals surface area contributed by atoms with Crippen LogP contribution in [0.25, 0.3) is 0 Å². The molecular weight excluding hydrogens is 220 g/mol. The third-order valence-electron chi connectivity index (χ3n) is 3.18. The first kappa shape index (κ1) is 13.5. The smallest absolute Gasteiger partial charge is 0.309 e. The molecule has 0 radical (unpaired) electrons. The second-order valence-corrected chi connectivity index (χ2v) is 4.72. The van der Waals surface area contributed by atoms with E-state index in [0.717, 1.165) is 12.8 Å². The molecule has 2 rings (SSSR count). The lowest BCUT2D eigenvalue weighted by atomic mass is 9.88. The monoisotopic (exact) mass is 238 g/mol. The van der Waals surface area contributed by atoms with Gasteiger partial charge < -0.3 is 10.2 Å². The van der Waals surface area contributed by atoms with Crippen molar-refractivity contribution in [3.8, 4) is 0 Å². The van der Waals surface area contributed by atoms with Gasteiger partial charge in [-0.15, -0.1) is 0 Å². The van der Waals surface area contributed by atoms with Crippen LogP contribution >= 0.6 is 0 Å². The summed E-state index contributed by atoms with van der Waals surface area (Å²) in [7, 11) is 0. The zero-order chi connectivity index (χ0) is 12.9. The highest BCUT2D eigenvalue weighted by atomic mass is 16.4. The molecule has 0 bridgehead atoms. The average Bonchev–Trinajstić information content (AvgIpc) is 2.88. The highest BCUT2D eigenvalue weighted by Gasteiger charge is 2.32. The first-order chi connectivity index (χ1) is 7.96. The molecule has 0 saturated heterocycles. The highest BCUT2D eigenvalue weighted by molar-refractivity contribution is 5.75. The fourth-order valence-electron chi connectivity index (χ4n) is 1.76. The van der Waals surface area contributed by atoms with Gasteiger partial charge in [0, 0.05) is 0 Å². The van der Waals surface area contributed by atoms with E-state index in [1.54, 1.807) is 6.92 Å². The summed E-state index contributed by atoms with van der Waals surface area (Å²) in [6, 6.07) is 0. The van der Waals surface area contributed by atoms with Gasteiger partial charge >= 0.3 is 11.9 Å². The zero-order valence-electron chi connectivity index (χ0n) is 9.93. The first-order valence-corrected chi connectivity index (χ1v) is 5.72. The van der Waals surface area contributed by atoms with Crippen LogP contribution in [-0.4, -0.2) is 22.2 Å². The molecule has 0 amide bonds. The molecule has 17 heavy (non-hydrogen) atoms. The molecule has 2 aliphatic carbocycles. The molecule has 0 unspecified atom stereocenters. The van der Waals surface area contributed by atoms with Gasteiger partial charge in [-0.3, -0.25) is 9.59 Å². The number of carboxylic acid groups (broad SMARTS) is 2. The minimum Gasteiger partial charge on any atom is -0.481 e. The first-order valence-electron chi connectivity index (χ1n) is 5.72. The molecule has 0 spiro atoms. The molecule has 94 valence electrons. The van der Waals surface area contributed by atoms with E-state index in [0.29, 0.717) is 12.8 Å². The maximum absolute atomic E-state index is 10.5. The Morgan fingerprint density at radius 1 is 1.06 bits per heavy atom. The lowest BCUT2D eigenvalue weighted by molar-refractivity contribution is -0.147. The van der Waals surface area contributed by atoms with E-state index in [1.807, 2.05) is 24.3 Å². The topological polar surface area (TPSA) is 74.6 Å². The number of carbonyl (C=O) groups is 2. The Hall–Kier alpha value is -1.58. The summed E-state index contributed by atoms with van der Waals surface area (Å²) in [5.74, 6) is -1.49. The number of aliphatic carboxylic acids is 2. The molecule has 0 aromatic heterocycles. The molecule has 0 aromatic rings. The second kappa shape index (κ2) is 5.66. The quantitative estimate of drug-likeness (QED) is 0.725. The molecule has 0 aliphatic heterocycles. The molecule has 0 fully saturated rings. The van der Waals surface area contributed by atoms with Crippen molar-refractivity contribution < 1.29 is 19.8 Å². The van der Waals surface area contributed by atoms with Crippen LogP contribution in [0.2, 0.25) is 0 Å². The van der Waals surface area contributed by atoms with Crippen LogP contribution in [0, 0.1) is 11.3 Å². The van der Waals surface area contributed by atoms with Crippen LogP contribution in [0.15, 0.2) is 24.3 Å². The van der Waals surface area contributed by atoms with Gasteiger partial charge in [0.1, 0.15) is 0 Å². The summed E-state index contributed by atoms with van der Waals surface area (Å²) in [5, 5.41) is 17.0. The molecular formula is C13H18O4. The van der Waals surface area contributed by atoms with Crippen molar-refractivity contribution in [2.75, 3.05) is 0 Å². The minimum absolute atomic E-state index is 0.130. The van der Waals surface area contributed by atoms with Crippen LogP contribution in [0.5, 0.6) is 0 Å². The standard InChI is InChI=1S/C7H10O2.C6H8O2/c1-7(6(8)9)4-2-3-5-7;7-6(8)5-3-1-2-4-5/h2-3H,4-5H2,1H3,(H,8,9);1-2,5H,3-4H2,(H,7,8). The molecule has 4 nitrogen and oxygen atoms in total. The Morgan fingerprint density at radius 2 is 1.53 bits per heavy atom. The largest absolute Gasteiger partial charge is 0.481 e. The van der Waals surface area contributed by atoms with E-state index in [4.69, 9.17) is 10.2 Å². The van der Waals surface area contributed by atoms with Crippen molar-refractivity contribution in [2.24, 2.45) is 11.3 Å². The fraction of sp³-hybridized carbons (Fsp3) is 0.538. The third kappa shape index (κ3) is 3.73. The number of carboxylic acids is 2. The SMILES string of the molecule is CC1(C(=O)O)CC=CC1.O=C(O)C1CC=CC1. The van der Waals surface area contributed by atoms with Crippen LogP contribution < -0.4 is 0 Å². The van der Waals surface area contributed by atoms with Gasteiger partial charge in [-0.2, -0.15) is 0 Å². The van der Waals surface area contributed by atoms with Gasteiger partial charge in [0.15, 0.2) is 0 Å².